The summed E-state index contributed by atoms with van der Waals surface area (Å²) in [6.07, 6.45) is 0. The Morgan fingerprint density at radius 1 is 1.13 bits per heavy atom. The number of nitrogens with one attached hydrogen (secondary N) is 2. The van der Waals surface area contributed by atoms with Crippen LogP contribution in [-0.4, -0.2) is 11.7 Å². The number of benzene rings is 2. The van der Waals surface area contributed by atoms with E-state index in [-0.39, 0.29) is 5.75 Å². The first-order valence-electron chi connectivity index (χ1n) is 6.44. The van der Waals surface area contributed by atoms with E-state index in [0.717, 1.165) is 0 Å². The molecule has 0 atom stereocenters. The van der Waals surface area contributed by atoms with Gasteiger partial charge in [-0.25, -0.2) is 0 Å². The van der Waals surface area contributed by atoms with Crippen molar-refractivity contribution in [2.45, 2.75) is 13.5 Å². The van der Waals surface area contributed by atoms with Crippen LogP contribution < -0.4 is 15.4 Å². The maximum Gasteiger partial charge on any atom is 0.387 e. The number of anilines is 2. The Morgan fingerprint density at radius 2 is 1.83 bits per heavy atom. The highest BCUT2D eigenvalue weighted by molar-refractivity contribution is 7.80. The predicted molar refractivity (Wildman–Crippen MR) is 94.1 cm³/mol. The van der Waals surface area contributed by atoms with Crippen LogP contribution in [0.3, 0.4) is 0 Å². The van der Waals surface area contributed by atoms with Gasteiger partial charge in [0.1, 0.15) is 5.75 Å². The number of alkyl halides is 2. The van der Waals surface area contributed by atoms with Crippen LogP contribution in [0.4, 0.5) is 20.2 Å². The zero-order valence-electron chi connectivity index (χ0n) is 11.9. The second-order valence-electron chi connectivity index (χ2n) is 4.54. The van der Waals surface area contributed by atoms with E-state index >= 15 is 0 Å². The van der Waals surface area contributed by atoms with Gasteiger partial charge < -0.3 is 15.4 Å². The molecule has 0 amide bonds. The molecule has 2 rings (SSSR count). The Hall–Kier alpha value is -1.63. The molecular formula is C15H12Cl2F2N2OS. The molecule has 0 aliphatic rings. The van der Waals surface area contributed by atoms with Gasteiger partial charge in [0.2, 0.25) is 0 Å². The molecule has 8 heteroatoms. The molecule has 0 fully saturated rings. The van der Waals surface area contributed by atoms with E-state index in [4.69, 9.17) is 35.4 Å². The number of rotatable bonds is 4. The van der Waals surface area contributed by atoms with E-state index in [1.54, 1.807) is 31.2 Å². The summed E-state index contributed by atoms with van der Waals surface area (Å²) in [5.41, 5.74) is 1.92. The molecule has 2 aromatic carbocycles. The summed E-state index contributed by atoms with van der Waals surface area (Å²) in [6.45, 7) is -1.11. The van der Waals surface area contributed by atoms with Crippen molar-refractivity contribution >= 4 is 51.9 Å². The molecule has 0 heterocycles. The average molecular weight is 377 g/mol. The lowest BCUT2D eigenvalue weighted by molar-refractivity contribution is -0.0498. The molecule has 23 heavy (non-hydrogen) atoms. The minimum absolute atomic E-state index is 0.0832. The third-order valence-corrected chi connectivity index (χ3v) is 3.89. The van der Waals surface area contributed by atoms with Gasteiger partial charge in [-0.3, -0.25) is 0 Å². The summed E-state index contributed by atoms with van der Waals surface area (Å²) < 4.78 is 28.7. The fourth-order valence-corrected chi connectivity index (χ4v) is 2.40. The quantitative estimate of drug-likeness (QED) is 0.669. The van der Waals surface area contributed by atoms with Crippen LogP contribution in [-0.2, 0) is 0 Å². The number of thiocarbonyl (C=S) groups is 1. The van der Waals surface area contributed by atoms with E-state index in [9.17, 15) is 8.78 Å². The zero-order chi connectivity index (χ0) is 17.0. The van der Waals surface area contributed by atoms with Crippen LogP contribution in [0.25, 0.3) is 0 Å². The Kier molecular flexibility index (Phi) is 5.98. The SMILES string of the molecule is Cc1cc(OC(F)F)ccc1NC(=S)Nc1cccc(Cl)c1Cl. The van der Waals surface area contributed by atoms with Gasteiger partial charge in [-0.1, -0.05) is 29.3 Å². The Bertz CT molecular complexity index is 729. The third-order valence-electron chi connectivity index (χ3n) is 2.87. The zero-order valence-corrected chi connectivity index (χ0v) is 14.2. The van der Waals surface area contributed by atoms with Crippen LogP contribution in [0.15, 0.2) is 36.4 Å². The predicted octanol–water partition coefficient (Wildman–Crippen LogP) is 5.71. The van der Waals surface area contributed by atoms with Gasteiger partial charge in [-0.2, -0.15) is 8.78 Å². The van der Waals surface area contributed by atoms with E-state index in [2.05, 4.69) is 15.4 Å². The molecule has 0 radical (unpaired) electrons. The highest BCUT2D eigenvalue weighted by Crippen LogP contribution is 2.30. The Labute approximate surface area is 147 Å². The highest BCUT2D eigenvalue weighted by Gasteiger charge is 2.09. The molecule has 0 bridgehead atoms. The van der Waals surface area contributed by atoms with Gasteiger partial charge in [-0.05, 0) is 55.0 Å². The fraction of sp³-hybridized carbons (Fsp3) is 0.133. The molecule has 122 valence electrons. The number of hydrogen-bond acceptors (Lipinski definition) is 2. The standard InChI is InChI=1S/C15H12Cl2F2N2OS/c1-8-7-9(22-14(18)19)5-6-11(8)20-15(23)21-12-4-2-3-10(16)13(12)17/h2-7,14H,1H3,(H2,20,21,23). The first-order valence-corrected chi connectivity index (χ1v) is 7.60. The molecule has 0 aliphatic heterocycles. The molecule has 0 spiro atoms. The summed E-state index contributed by atoms with van der Waals surface area (Å²) in [4.78, 5) is 0. The normalized spacial score (nSPS) is 10.5. The number of halogens is 4. The van der Waals surface area contributed by atoms with Crippen molar-refractivity contribution in [2.75, 3.05) is 10.6 Å². The van der Waals surface area contributed by atoms with Crippen molar-refractivity contribution in [3.63, 3.8) is 0 Å². The third kappa shape index (κ3) is 4.92. The second-order valence-corrected chi connectivity index (χ2v) is 5.73. The van der Waals surface area contributed by atoms with Crippen LogP contribution >= 0.6 is 35.4 Å². The molecule has 0 saturated carbocycles. The van der Waals surface area contributed by atoms with Crippen molar-refractivity contribution < 1.29 is 13.5 Å². The Morgan fingerprint density at radius 3 is 2.48 bits per heavy atom. The van der Waals surface area contributed by atoms with E-state index in [0.29, 0.717) is 32.1 Å². The molecular weight excluding hydrogens is 365 g/mol. The largest absolute Gasteiger partial charge is 0.435 e. The topological polar surface area (TPSA) is 33.3 Å². The van der Waals surface area contributed by atoms with Crippen LogP contribution in [0, 0.1) is 6.92 Å². The highest BCUT2D eigenvalue weighted by atomic mass is 35.5. The van der Waals surface area contributed by atoms with Crippen molar-refractivity contribution in [3.05, 3.63) is 52.0 Å². The summed E-state index contributed by atoms with van der Waals surface area (Å²) >= 11 is 17.2. The Balaban J connectivity index is 2.07. The maximum absolute atomic E-state index is 12.2. The molecule has 0 saturated heterocycles. The smallest absolute Gasteiger partial charge is 0.387 e. The lowest BCUT2D eigenvalue weighted by Gasteiger charge is -2.14. The van der Waals surface area contributed by atoms with Crippen LogP contribution in [0.5, 0.6) is 5.75 Å². The van der Waals surface area contributed by atoms with Crippen molar-refractivity contribution in [1.82, 2.24) is 0 Å². The number of ether oxygens (including phenoxy) is 1. The summed E-state index contributed by atoms with van der Waals surface area (Å²) in [6, 6.07) is 9.65. The summed E-state index contributed by atoms with van der Waals surface area (Å²) in [5.74, 6) is 0.0832. The number of hydrogen-bond donors (Lipinski definition) is 2. The van der Waals surface area contributed by atoms with Gasteiger partial charge in [0.05, 0.1) is 15.7 Å². The first kappa shape index (κ1) is 17.7. The summed E-state index contributed by atoms with van der Waals surface area (Å²) in [7, 11) is 0. The van der Waals surface area contributed by atoms with Crippen molar-refractivity contribution in [3.8, 4) is 5.75 Å². The van der Waals surface area contributed by atoms with Gasteiger partial charge >= 0.3 is 6.61 Å². The molecule has 0 aliphatic carbocycles. The van der Waals surface area contributed by atoms with Crippen molar-refractivity contribution in [2.24, 2.45) is 0 Å². The molecule has 0 aromatic heterocycles. The van der Waals surface area contributed by atoms with Gasteiger partial charge in [-0.15, -0.1) is 0 Å². The van der Waals surface area contributed by atoms with Crippen LogP contribution in [0.1, 0.15) is 5.56 Å². The monoisotopic (exact) mass is 376 g/mol. The minimum Gasteiger partial charge on any atom is -0.435 e. The van der Waals surface area contributed by atoms with Gasteiger partial charge in [0, 0.05) is 5.69 Å². The average Bonchev–Trinajstić information content (AvgIpc) is 2.46. The van der Waals surface area contributed by atoms with Crippen LogP contribution in [0.2, 0.25) is 10.0 Å². The second kappa shape index (κ2) is 7.77. The lowest BCUT2D eigenvalue weighted by atomic mass is 10.2. The lowest BCUT2D eigenvalue weighted by Crippen LogP contribution is -2.19. The van der Waals surface area contributed by atoms with Crippen molar-refractivity contribution in [1.29, 1.82) is 0 Å². The maximum atomic E-state index is 12.2. The first-order chi connectivity index (χ1) is 10.9. The molecule has 2 N–H and O–H groups in total. The molecule has 2 aromatic rings. The van der Waals surface area contributed by atoms with E-state index in [1.165, 1.54) is 12.1 Å². The summed E-state index contributed by atoms with van der Waals surface area (Å²) in [5, 5.41) is 6.94. The molecule has 0 unspecified atom stereocenters. The number of aryl methyl sites for hydroxylation is 1. The van der Waals surface area contributed by atoms with E-state index in [1.807, 2.05) is 0 Å². The van der Waals surface area contributed by atoms with Gasteiger partial charge in [0.15, 0.2) is 5.11 Å². The minimum atomic E-state index is -2.86. The molecule has 3 nitrogen and oxygen atoms in total. The fourth-order valence-electron chi connectivity index (χ4n) is 1.83. The van der Waals surface area contributed by atoms with E-state index < -0.39 is 6.61 Å². The van der Waals surface area contributed by atoms with Gasteiger partial charge in [0.25, 0.3) is 0 Å².